The van der Waals surface area contributed by atoms with Crippen LogP contribution < -0.4 is 0 Å². The second-order valence-corrected chi connectivity index (χ2v) is 9.83. The number of hydrogen-bond donors (Lipinski definition) is 0. The second kappa shape index (κ2) is 10.6. The highest BCUT2D eigenvalue weighted by Crippen LogP contribution is 2.40. The Kier molecular flexibility index (Phi) is 7.52. The summed E-state index contributed by atoms with van der Waals surface area (Å²) in [6.45, 7) is 2.23. The lowest BCUT2D eigenvalue weighted by atomic mass is 9.93. The zero-order valence-electron chi connectivity index (χ0n) is 19.0. The topological polar surface area (TPSA) is 107 Å². The highest BCUT2D eigenvalue weighted by Gasteiger charge is 2.41. The lowest BCUT2D eigenvalue weighted by Crippen LogP contribution is -2.43. The molecule has 2 unspecified atom stereocenters. The van der Waals surface area contributed by atoms with Crippen LogP contribution in [0.25, 0.3) is 6.08 Å². The van der Waals surface area contributed by atoms with Gasteiger partial charge in [-0.3, -0.25) is 19.3 Å². The van der Waals surface area contributed by atoms with E-state index in [1.807, 2.05) is 4.90 Å². The molecule has 9 nitrogen and oxygen atoms in total. The SMILES string of the molecule is COC(=O)Cn1nnnc1/C=C1/CN(C(C(=O)C2CC2)c2ccccc2F)CCC1SC(C)=O. The molecule has 2 fully saturated rings. The third-order valence-corrected chi connectivity index (χ3v) is 7.14. The molecule has 2 aromatic rings. The van der Waals surface area contributed by atoms with Crippen molar-refractivity contribution < 1.29 is 23.5 Å². The van der Waals surface area contributed by atoms with E-state index in [9.17, 15) is 18.8 Å². The molecule has 0 amide bonds. The van der Waals surface area contributed by atoms with E-state index in [0.29, 0.717) is 30.9 Å². The average molecular weight is 488 g/mol. The molecular weight excluding hydrogens is 461 g/mol. The Labute approximate surface area is 200 Å². The monoisotopic (exact) mass is 487 g/mol. The summed E-state index contributed by atoms with van der Waals surface area (Å²) in [5, 5.41) is 11.3. The van der Waals surface area contributed by atoms with Crippen molar-refractivity contribution >= 4 is 34.7 Å². The van der Waals surface area contributed by atoms with E-state index in [2.05, 4.69) is 15.5 Å². The molecule has 4 rings (SSSR count). The number of carbonyl (C=O) groups excluding carboxylic acids is 3. The van der Waals surface area contributed by atoms with Gasteiger partial charge in [0.1, 0.15) is 12.4 Å². The number of benzene rings is 1. The number of nitrogens with zero attached hydrogens (tertiary/aromatic N) is 5. The zero-order chi connectivity index (χ0) is 24.2. The standard InChI is InChI=1S/C23H26FN5O4S/c1-14(30)34-19-9-10-28(12-16(19)11-20-25-26-27-29(20)13-21(31)33-2)22(23(32)15-7-8-15)17-5-3-4-6-18(17)24/h3-6,11,15,19,22H,7-10,12-13H2,1-2H3/b16-11-. The number of aromatic nitrogens is 4. The molecular formula is C23H26FN5O4S. The van der Waals surface area contributed by atoms with Gasteiger partial charge in [-0.2, -0.15) is 0 Å². The Morgan fingerprint density at radius 2 is 2.03 bits per heavy atom. The van der Waals surface area contributed by atoms with Gasteiger partial charge >= 0.3 is 5.97 Å². The number of tetrazole rings is 1. The minimum Gasteiger partial charge on any atom is -0.468 e. The van der Waals surface area contributed by atoms with Crippen LogP contribution in [0.5, 0.6) is 0 Å². The fourth-order valence-electron chi connectivity index (χ4n) is 4.18. The largest absolute Gasteiger partial charge is 0.468 e. The zero-order valence-corrected chi connectivity index (χ0v) is 19.8. The first kappa shape index (κ1) is 24.2. The first-order chi connectivity index (χ1) is 16.4. The van der Waals surface area contributed by atoms with Gasteiger partial charge in [-0.05, 0) is 47.4 Å². The molecule has 1 aliphatic heterocycles. The van der Waals surface area contributed by atoms with Crippen LogP contribution >= 0.6 is 11.8 Å². The number of carbonyl (C=O) groups is 3. The predicted octanol–water partition coefficient (Wildman–Crippen LogP) is 2.44. The number of halogens is 1. The van der Waals surface area contributed by atoms with Crippen LogP contribution in [0.1, 0.15) is 43.6 Å². The number of Topliss-reactive ketones (excluding diaryl/α,β-unsaturated/α-hetero) is 1. The lowest BCUT2D eigenvalue weighted by molar-refractivity contribution is -0.141. The van der Waals surface area contributed by atoms with E-state index in [0.717, 1.165) is 18.4 Å². The Hall–Kier alpha value is -2.92. The highest BCUT2D eigenvalue weighted by molar-refractivity contribution is 8.14. The molecule has 1 aliphatic carbocycles. The summed E-state index contributed by atoms with van der Waals surface area (Å²) in [5.74, 6) is -0.588. The first-order valence-electron chi connectivity index (χ1n) is 11.1. The molecule has 1 saturated heterocycles. The van der Waals surface area contributed by atoms with Crippen LogP contribution in [0, 0.1) is 11.7 Å². The van der Waals surface area contributed by atoms with Gasteiger partial charge in [-0.1, -0.05) is 30.0 Å². The van der Waals surface area contributed by atoms with Crippen LogP contribution in [0.4, 0.5) is 4.39 Å². The van der Waals surface area contributed by atoms with E-state index in [-0.39, 0.29) is 28.6 Å². The summed E-state index contributed by atoms with van der Waals surface area (Å²) in [6.07, 6.45) is 3.99. The summed E-state index contributed by atoms with van der Waals surface area (Å²) in [6, 6.07) is 5.68. The maximum atomic E-state index is 14.8. The minimum atomic E-state index is -0.702. The van der Waals surface area contributed by atoms with Crippen LogP contribution in [0.3, 0.4) is 0 Å². The van der Waals surface area contributed by atoms with Crippen molar-refractivity contribution in [1.29, 1.82) is 0 Å². The molecule has 0 N–H and O–H groups in total. The molecule has 2 heterocycles. The number of hydrogen-bond acceptors (Lipinski definition) is 9. The summed E-state index contributed by atoms with van der Waals surface area (Å²) in [4.78, 5) is 38.9. The molecule has 0 bridgehead atoms. The quantitative estimate of drug-likeness (QED) is 0.519. The van der Waals surface area contributed by atoms with Gasteiger partial charge in [0, 0.05) is 36.7 Å². The smallest absolute Gasteiger partial charge is 0.327 e. The van der Waals surface area contributed by atoms with Gasteiger partial charge in [-0.15, -0.1) is 5.10 Å². The maximum absolute atomic E-state index is 14.8. The summed E-state index contributed by atoms with van der Waals surface area (Å²) in [7, 11) is 1.28. The number of ketones is 1. The fraction of sp³-hybridized carbons (Fsp3) is 0.478. The molecule has 1 aromatic carbocycles. The van der Waals surface area contributed by atoms with Gasteiger partial charge in [-0.25, -0.2) is 9.07 Å². The van der Waals surface area contributed by atoms with Crippen molar-refractivity contribution in [2.45, 2.75) is 44.0 Å². The second-order valence-electron chi connectivity index (χ2n) is 8.45. The predicted molar refractivity (Wildman–Crippen MR) is 123 cm³/mol. The number of methoxy groups -OCH3 is 1. The normalized spacial score (nSPS) is 20.8. The molecule has 1 aromatic heterocycles. The van der Waals surface area contributed by atoms with Crippen molar-refractivity contribution in [2.75, 3.05) is 20.2 Å². The Morgan fingerprint density at radius 3 is 2.71 bits per heavy atom. The van der Waals surface area contributed by atoms with Crippen LogP contribution in [0.15, 0.2) is 29.8 Å². The molecule has 0 spiro atoms. The third-order valence-electron chi connectivity index (χ3n) is 5.98. The molecule has 2 atom stereocenters. The maximum Gasteiger partial charge on any atom is 0.327 e. The average Bonchev–Trinajstić information content (AvgIpc) is 3.58. The molecule has 1 saturated carbocycles. The number of esters is 1. The van der Waals surface area contributed by atoms with Gasteiger partial charge < -0.3 is 4.74 Å². The molecule has 11 heteroatoms. The van der Waals surface area contributed by atoms with E-state index >= 15 is 0 Å². The van der Waals surface area contributed by atoms with E-state index in [1.54, 1.807) is 24.3 Å². The molecule has 180 valence electrons. The van der Waals surface area contributed by atoms with Crippen LogP contribution in [-0.4, -0.2) is 67.4 Å². The van der Waals surface area contributed by atoms with Crippen molar-refractivity contribution in [2.24, 2.45) is 5.92 Å². The van der Waals surface area contributed by atoms with E-state index in [4.69, 9.17) is 4.74 Å². The van der Waals surface area contributed by atoms with Crippen LogP contribution in [-0.2, 0) is 25.7 Å². The number of rotatable bonds is 8. The Morgan fingerprint density at radius 1 is 1.26 bits per heavy atom. The van der Waals surface area contributed by atoms with Crippen LogP contribution in [0.2, 0.25) is 0 Å². The fourth-order valence-corrected chi connectivity index (χ4v) is 5.09. The first-order valence-corrected chi connectivity index (χ1v) is 12.0. The van der Waals surface area contributed by atoms with Crippen molar-refractivity contribution in [1.82, 2.24) is 25.1 Å². The summed E-state index contributed by atoms with van der Waals surface area (Å²) >= 11 is 1.21. The van der Waals surface area contributed by atoms with Crippen molar-refractivity contribution in [3.8, 4) is 0 Å². The minimum absolute atomic E-state index is 0.0256. The third kappa shape index (κ3) is 5.58. The van der Waals surface area contributed by atoms with Crippen molar-refractivity contribution in [3.63, 3.8) is 0 Å². The Balaban J connectivity index is 1.67. The van der Waals surface area contributed by atoms with Gasteiger partial charge in [0.25, 0.3) is 0 Å². The van der Waals surface area contributed by atoms with Gasteiger partial charge in [0.05, 0.1) is 13.2 Å². The van der Waals surface area contributed by atoms with Gasteiger partial charge in [0.2, 0.25) is 0 Å². The van der Waals surface area contributed by atoms with E-state index in [1.165, 1.54) is 36.5 Å². The highest BCUT2D eigenvalue weighted by atomic mass is 32.2. The number of likely N-dealkylation sites (tertiary alicyclic amines) is 1. The number of ether oxygens (including phenoxy) is 1. The molecule has 0 radical (unpaired) electrons. The van der Waals surface area contributed by atoms with E-state index < -0.39 is 17.8 Å². The summed E-state index contributed by atoms with van der Waals surface area (Å²) in [5.41, 5.74) is 1.20. The number of thioether (sulfide) groups is 1. The lowest BCUT2D eigenvalue weighted by Gasteiger charge is -2.38. The van der Waals surface area contributed by atoms with Crippen molar-refractivity contribution in [3.05, 3.63) is 47.0 Å². The molecule has 2 aliphatic rings. The van der Waals surface area contributed by atoms with Gasteiger partial charge in [0.15, 0.2) is 16.7 Å². The molecule has 34 heavy (non-hydrogen) atoms. The Bertz CT molecular complexity index is 1120. The summed E-state index contributed by atoms with van der Waals surface area (Å²) < 4.78 is 20.8. The number of piperidine rings is 1.